The molecule has 2 heterocycles. The topological polar surface area (TPSA) is 14.2 Å². The molecule has 0 unspecified atom stereocenters. The molecule has 0 radical (unpaired) electrons. The standard InChI is InChI=1S/C39H30NOSi/c1-40-32-21-13-23-35-38(32)37-31(26-33(41-2)36(39(37)40)28-16-5-3-6-17-28)30-20-11-12-22-34(30)42(35,29-18-7-4-8-19-29)25-24-27-14-9-10-15-27/h3-26H,1-2H3/q-1/b25-24+/t42-/m0/s1. The molecule has 0 spiro atoms. The summed E-state index contributed by atoms with van der Waals surface area (Å²) in [5.74, 6) is 0.896. The van der Waals surface area contributed by atoms with Gasteiger partial charge in [-0.1, -0.05) is 102 Å². The van der Waals surface area contributed by atoms with Crippen LogP contribution >= 0.6 is 0 Å². The van der Waals surface area contributed by atoms with Crippen LogP contribution in [0.15, 0.2) is 139 Å². The Morgan fingerprint density at radius 2 is 1.38 bits per heavy atom. The van der Waals surface area contributed by atoms with E-state index < -0.39 is 8.07 Å². The minimum atomic E-state index is -2.70. The number of ether oxygens (including phenoxy) is 1. The Bertz CT molecular complexity index is 2120. The molecule has 2 nitrogen and oxygen atoms in total. The first-order valence-electron chi connectivity index (χ1n) is 14.5. The number of methoxy groups -OCH3 is 1. The van der Waals surface area contributed by atoms with Crippen LogP contribution in [0.5, 0.6) is 5.75 Å². The van der Waals surface area contributed by atoms with Crippen molar-refractivity contribution in [3.05, 3.63) is 145 Å². The highest BCUT2D eigenvalue weighted by molar-refractivity contribution is 7.17. The summed E-state index contributed by atoms with van der Waals surface area (Å²) in [6, 6.07) is 48.8. The monoisotopic (exact) mass is 556 g/mol. The van der Waals surface area contributed by atoms with Crippen LogP contribution in [0, 0.1) is 0 Å². The van der Waals surface area contributed by atoms with E-state index in [2.05, 4.69) is 157 Å². The van der Waals surface area contributed by atoms with Gasteiger partial charge in [0.1, 0.15) is 13.8 Å². The molecule has 202 valence electrons. The van der Waals surface area contributed by atoms with Crippen LogP contribution < -0.4 is 20.3 Å². The number of fused-ring (bicyclic) bond motifs is 2. The minimum absolute atomic E-state index is 0.896. The summed E-state index contributed by atoms with van der Waals surface area (Å²) in [6.07, 6.45) is 2.35. The van der Waals surface area contributed by atoms with Crippen molar-refractivity contribution >= 4 is 51.5 Å². The maximum atomic E-state index is 6.19. The normalized spacial score (nSPS) is 15.9. The molecule has 0 bridgehead atoms. The third-order valence-corrected chi connectivity index (χ3v) is 13.5. The molecule has 1 aliphatic heterocycles. The molecule has 3 heteroatoms. The second-order valence-electron chi connectivity index (χ2n) is 11.1. The van der Waals surface area contributed by atoms with Crippen molar-refractivity contribution in [2.75, 3.05) is 7.11 Å². The smallest absolute Gasteiger partial charge is 0.130 e. The van der Waals surface area contributed by atoms with E-state index in [9.17, 15) is 0 Å². The Balaban J connectivity index is 1.62. The van der Waals surface area contributed by atoms with E-state index in [-0.39, 0.29) is 0 Å². The van der Waals surface area contributed by atoms with Crippen LogP contribution in [-0.4, -0.2) is 19.8 Å². The predicted octanol–water partition coefficient (Wildman–Crippen LogP) is 7.43. The molecular formula is C39H30NOSi-. The summed E-state index contributed by atoms with van der Waals surface area (Å²) in [5, 5.41) is 6.87. The molecular weight excluding hydrogens is 527 g/mol. The van der Waals surface area contributed by atoms with Gasteiger partial charge in [-0.25, -0.2) is 0 Å². The van der Waals surface area contributed by atoms with Gasteiger partial charge in [-0.05, 0) is 39.2 Å². The molecule has 1 aliphatic rings. The maximum absolute atomic E-state index is 6.19. The van der Waals surface area contributed by atoms with Gasteiger partial charge in [0, 0.05) is 28.9 Å². The largest absolute Gasteiger partial charge is 0.496 e. The van der Waals surface area contributed by atoms with Crippen molar-refractivity contribution in [3.63, 3.8) is 0 Å². The summed E-state index contributed by atoms with van der Waals surface area (Å²) in [6.45, 7) is 0. The van der Waals surface area contributed by atoms with Gasteiger partial charge < -0.3 is 9.30 Å². The molecule has 1 atom stereocenters. The van der Waals surface area contributed by atoms with Gasteiger partial charge in [-0.2, -0.15) is 12.1 Å². The van der Waals surface area contributed by atoms with E-state index in [4.69, 9.17) is 4.74 Å². The Kier molecular flexibility index (Phi) is 5.63. The van der Waals surface area contributed by atoms with Crippen LogP contribution in [0.2, 0.25) is 0 Å². The first-order valence-corrected chi connectivity index (χ1v) is 16.5. The van der Waals surface area contributed by atoms with Crippen LogP contribution in [-0.2, 0) is 7.05 Å². The Hall–Kier alpha value is -4.99. The average molecular weight is 557 g/mol. The molecule has 7 aromatic rings. The lowest BCUT2D eigenvalue weighted by atomic mass is 9.93. The quantitative estimate of drug-likeness (QED) is 0.159. The molecule has 0 N–H and O–H groups in total. The number of rotatable bonds is 5. The second kappa shape index (κ2) is 9.54. The zero-order valence-electron chi connectivity index (χ0n) is 23.7. The highest BCUT2D eigenvalue weighted by Gasteiger charge is 2.41. The molecule has 0 aliphatic carbocycles. The maximum Gasteiger partial charge on any atom is 0.130 e. The number of nitrogens with zero attached hydrogens (tertiary/aromatic N) is 1. The summed E-state index contributed by atoms with van der Waals surface area (Å²) < 4.78 is 8.59. The zero-order chi connectivity index (χ0) is 28.3. The van der Waals surface area contributed by atoms with Crippen LogP contribution in [0.3, 0.4) is 0 Å². The van der Waals surface area contributed by atoms with Crippen molar-refractivity contribution in [2.45, 2.75) is 0 Å². The zero-order valence-corrected chi connectivity index (χ0v) is 24.7. The molecule has 1 aromatic heterocycles. The molecule has 0 amide bonds. The third kappa shape index (κ3) is 3.41. The van der Waals surface area contributed by atoms with Gasteiger partial charge in [0.25, 0.3) is 0 Å². The number of aryl methyl sites for hydroxylation is 1. The summed E-state index contributed by atoms with van der Waals surface area (Å²) >= 11 is 0. The molecule has 6 aromatic carbocycles. The molecule has 0 saturated carbocycles. The van der Waals surface area contributed by atoms with E-state index in [1.54, 1.807) is 7.11 Å². The third-order valence-electron chi connectivity index (χ3n) is 9.05. The lowest BCUT2D eigenvalue weighted by Crippen LogP contribution is -2.66. The van der Waals surface area contributed by atoms with E-state index in [1.165, 1.54) is 54.1 Å². The summed E-state index contributed by atoms with van der Waals surface area (Å²) in [7, 11) is 1.30. The highest BCUT2D eigenvalue weighted by atomic mass is 28.3. The first kappa shape index (κ1) is 24.8. The van der Waals surface area contributed by atoms with E-state index in [0.29, 0.717) is 0 Å². The van der Waals surface area contributed by atoms with Crippen molar-refractivity contribution in [1.29, 1.82) is 0 Å². The van der Waals surface area contributed by atoms with Gasteiger partial charge in [0.05, 0.1) is 12.6 Å². The first-order chi connectivity index (χ1) is 20.7. The van der Waals surface area contributed by atoms with Gasteiger partial charge in [0.15, 0.2) is 0 Å². The van der Waals surface area contributed by atoms with Gasteiger partial charge in [0.2, 0.25) is 0 Å². The van der Waals surface area contributed by atoms with Gasteiger partial charge >= 0.3 is 0 Å². The fourth-order valence-electron chi connectivity index (χ4n) is 7.24. The second-order valence-corrected chi connectivity index (χ2v) is 14.7. The number of benzene rings is 5. The summed E-state index contributed by atoms with van der Waals surface area (Å²) in [4.78, 5) is 0. The van der Waals surface area contributed by atoms with Crippen LogP contribution in [0.4, 0.5) is 0 Å². The van der Waals surface area contributed by atoms with E-state index in [1.807, 2.05) is 0 Å². The Morgan fingerprint density at radius 3 is 2.14 bits per heavy atom. The Labute approximate surface area is 247 Å². The van der Waals surface area contributed by atoms with E-state index >= 15 is 0 Å². The van der Waals surface area contributed by atoms with Crippen molar-refractivity contribution < 1.29 is 4.74 Å². The van der Waals surface area contributed by atoms with E-state index in [0.717, 1.165) is 16.9 Å². The van der Waals surface area contributed by atoms with Crippen molar-refractivity contribution in [3.8, 4) is 28.0 Å². The number of aromatic nitrogens is 1. The summed E-state index contributed by atoms with van der Waals surface area (Å²) in [5.41, 5.74) is 11.1. The van der Waals surface area contributed by atoms with Crippen molar-refractivity contribution in [1.82, 2.24) is 4.57 Å². The minimum Gasteiger partial charge on any atom is -0.496 e. The fraction of sp³-hybridized carbons (Fsp3) is 0.0513. The lowest BCUT2D eigenvalue weighted by molar-refractivity contribution is 0.417. The molecule has 42 heavy (non-hydrogen) atoms. The van der Waals surface area contributed by atoms with Crippen LogP contribution in [0.25, 0.3) is 50.1 Å². The Morgan fingerprint density at radius 1 is 0.690 bits per heavy atom. The molecule has 8 rings (SSSR count). The van der Waals surface area contributed by atoms with Gasteiger partial charge in [-0.15, -0.1) is 29.5 Å². The van der Waals surface area contributed by atoms with Crippen molar-refractivity contribution in [2.24, 2.45) is 7.05 Å². The number of hydrogen-bond donors (Lipinski definition) is 0. The average Bonchev–Trinajstić information content (AvgIpc) is 3.66. The fourth-order valence-corrected chi connectivity index (χ4v) is 11.9. The highest BCUT2D eigenvalue weighted by Crippen LogP contribution is 2.47. The molecule has 0 fully saturated rings. The molecule has 0 saturated heterocycles. The van der Waals surface area contributed by atoms with Crippen LogP contribution in [0.1, 0.15) is 5.56 Å². The number of hydrogen-bond acceptors (Lipinski definition) is 1. The SMILES string of the molecule is COc1cc2c3c4c(cccc4n(C)c3c1-c1ccccc1)[Si@@](/C=C/[c-]1cccc1)(c1ccccc1)c1ccccc1-2. The lowest BCUT2D eigenvalue weighted by Gasteiger charge is -2.34. The van der Waals surface area contributed by atoms with Gasteiger partial charge in [-0.3, -0.25) is 0 Å². The predicted molar refractivity (Wildman–Crippen MR) is 180 cm³/mol.